The molecule has 0 saturated heterocycles. The van der Waals surface area contributed by atoms with Crippen molar-refractivity contribution in [3.63, 3.8) is 0 Å². The average molecular weight is 373 g/mol. The minimum absolute atomic E-state index is 0.0457. The molecule has 7 heteroatoms. The predicted molar refractivity (Wildman–Crippen MR) is 97.5 cm³/mol. The van der Waals surface area contributed by atoms with Crippen LogP contribution in [-0.2, 0) is 0 Å². The van der Waals surface area contributed by atoms with Crippen LogP contribution in [0.25, 0.3) is 11.0 Å². The molecule has 3 N–H and O–H groups in total. The van der Waals surface area contributed by atoms with E-state index in [-0.39, 0.29) is 22.7 Å². The van der Waals surface area contributed by atoms with Crippen LogP contribution in [0.1, 0.15) is 23.0 Å². The molecule has 0 atom stereocenters. The molecule has 0 aliphatic carbocycles. The molecular weight excluding hydrogens is 353 g/mol. The number of ether oxygens (including phenoxy) is 1. The molecule has 0 fully saturated rings. The zero-order valence-electron chi connectivity index (χ0n) is 15.0. The Bertz CT molecular complexity index is 963. The number of hydrogen-bond donors (Lipinski definition) is 3. The van der Waals surface area contributed by atoms with Gasteiger partial charge in [-0.05, 0) is 32.0 Å². The number of aliphatic hydroxyl groups excluding tert-OH is 2. The number of aliphatic hydroxyl groups is 2. The highest BCUT2D eigenvalue weighted by atomic mass is 19.1. The van der Waals surface area contributed by atoms with Crippen LogP contribution in [0.2, 0.25) is 0 Å². The summed E-state index contributed by atoms with van der Waals surface area (Å²) in [7, 11) is 0. The van der Waals surface area contributed by atoms with Gasteiger partial charge in [-0.15, -0.1) is 0 Å². The van der Waals surface area contributed by atoms with Gasteiger partial charge in [-0.3, -0.25) is 4.79 Å². The first kappa shape index (κ1) is 18.9. The summed E-state index contributed by atoms with van der Waals surface area (Å²) < 4.78 is 25.5. The maximum Gasteiger partial charge on any atom is 0.256 e. The SMILES string of the molecule is Cc1oc2cc(F)c(Oc3ccccc3)cc2c1C(=O)NC(C)(CO)CO. The zero-order chi connectivity index (χ0) is 19.6. The first-order chi connectivity index (χ1) is 12.9. The Morgan fingerprint density at radius 1 is 1.22 bits per heavy atom. The molecule has 0 saturated carbocycles. The number of nitrogens with one attached hydrogen (secondary N) is 1. The van der Waals surface area contributed by atoms with Gasteiger partial charge < -0.3 is 24.7 Å². The van der Waals surface area contributed by atoms with E-state index in [9.17, 15) is 19.4 Å². The third-order valence-electron chi connectivity index (χ3n) is 4.23. The molecular formula is C20H20FNO5. The van der Waals surface area contributed by atoms with Gasteiger partial charge in [0.2, 0.25) is 0 Å². The number of hydrogen-bond acceptors (Lipinski definition) is 5. The number of para-hydroxylation sites is 1. The first-order valence-electron chi connectivity index (χ1n) is 8.36. The topological polar surface area (TPSA) is 91.9 Å². The highest BCUT2D eigenvalue weighted by Crippen LogP contribution is 2.33. The fraction of sp³-hybridized carbons (Fsp3) is 0.250. The second kappa shape index (κ2) is 7.38. The molecule has 3 aromatic rings. The van der Waals surface area contributed by atoms with Crippen LogP contribution in [0.5, 0.6) is 11.5 Å². The number of carbonyl (C=O) groups is 1. The first-order valence-corrected chi connectivity index (χ1v) is 8.36. The molecule has 0 bridgehead atoms. The van der Waals surface area contributed by atoms with E-state index in [4.69, 9.17) is 9.15 Å². The Kier molecular flexibility index (Phi) is 5.16. The number of fused-ring (bicyclic) bond motifs is 1. The Balaban J connectivity index is 2.02. The van der Waals surface area contributed by atoms with Crippen molar-refractivity contribution in [2.45, 2.75) is 19.4 Å². The van der Waals surface area contributed by atoms with Crippen molar-refractivity contribution in [1.29, 1.82) is 0 Å². The highest BCUT2D eigenvalue weighted by Gasteiger charge is 2.28. The second-order valence-electron chi connectivity index (χ2n) is 6.56. The Morgan fingerprint density at radius 3 is 2.52 bits per heavy atom. The summed E-state index contributed by atoms with van der Waals surface area (Å²) in [6, 6.07) is 11.3. The standard InChI is InChI=1S/C20H20FNO5/c1-12-18(19(25)22-20(2,10-23)11-24)14-8-17(15(21)9-16(14)26-12)27-13-6-4-3-5-7-13/h3-9,23-24H,10-11H2,1-2H3,(H,22,25). The molecule has 1 amide bonds. The summed E-state index contributed by atoms with van der Waals surface area (Å²) >= 11 is 0. The lowest BCUT2D eigenvalue weighted by atomic mass is 10.0. The van der Waals surface area contributed by atoms with Gasteiger partial charge in [-0.25, -0.2) is 4.39 Å². The van der Waals surface area contributed by atoms with Gasteiger partial charge in [0.1, 0.15) is 17.1 Å². The zero-order valence-corrected chi connectivity index (χ0v) is 15.0. The van der Waals surface area contributed by atoms with Crippen LogP contribution in [0.4, 0.5) is 4.39 Å². The van der Waals surface area contributed by atoms with Crippen LogP contribution in [-0.4, -0.2) is 34.9 Å². The number of halogens is 1. The minimum Gasteiger partial charge on any atom is -0.460 e. The summed E-state index contributed by atoms with van der Waals surface area (Å²) in [6.45, 7) is 2.20. The van der Waals surface area contributed by atoms with Crippen molar-refractivity contribution in [3.8, 4) is 11.5 Å². The van der Waals surface area contributed by atoms with Gasteiger partial charge in [0.25, 0.3) is 5.91 Å². The van der Waals surface area contributed by atoms with Crippen LogP contribution in [0, 0.1) is 12.7 Å². The van der Waals surface area contributed by atoms with Gasteiger partial charge in [-0.2, -0.15) is 0 Å². The van der Waals surface area contributed by atoms with Crippen LogP contribution >= 0.6 is 0 Å². The number of amides is 1. The minimum atomic E-state index is -1.20. The lowest BCUT2D eigenvalue weighted by Gasteiger charge is -2.26. The van der Waals surface area contributed by atoms with Gasteiger partial charge in [0.05, 0.1) is 24.3 Å². The molecule has 6 nitrogen and oxygen atoms in total. The molecule has 0 aliphatic rings. The Labute approximate surface area is 155 Å². The van der Waals surface area contributed by atoms with E-state index in [1.165, 1.54) is 13.0 Å². The van der Waals surface area contributed by atoms with Gasteiger partial charge >= 0.3 is 0 Å². The van der Waals surface area contributed by atoms with Gasteiger partial charge in [-0.1, -0.05) is 18.2 Å². The maximum atomic E-state index is 14.4. The Hall–Kier alpha value is -2.90. The molecule has 1 aromatic heterocycles. The van der Waals surface area contributed by atoms with Gasteiger partial charge in [0.15, 0.2) is 11.6 Å². The smallest absolute Gasteiger partial charge is 0.256 e. The van der Waals surface area contributed by atoms with Crippen molar-refractivity contribution < 1.29 is 28.6 Å². The van der Waals surface area contributed by atoms with E-state index >= 15 is 0 Å². The third kappa shape index (κ3) is 3.79. The summed E-state index contributed by atoms with van der Waals surface area (Å²) in [4.78, 5) is 12.7. The van der Waals surface area contributed by atoms with Gasteiger partial charge in [0, 0.05) is 11.5 Å². The van der Waals surface area contributed by atoms with E-state index < -0.39 is 30.5 Å². The van der Waals surface area contributed by atoms with E-state index in [0.29, 0.717) is 11.1 Å². The molecule has 0 radical (unpaired) electrons. The number of benzene rings is 2. The predicted octanol–water partition coefficient (Wildman–Crippen LogP) is 3.15. The molecule has 142 valence electrons. The molecule has 27 heavy (non-hydrogen) atoms. The van der Waals surface area contributed by atoms with Crippen molar-refractivity contribution in [2.75, 3.05) is 13.2 Å². The average Bonchev–Trinajstić information content (AvgIpc) is 2.97. The number of furan rings is 1. The lowest BCUT2D eigenvalue weighted by molar-refractivity contribution is 0.0723. The summed E-state index contributed by atoms with van der Waals surface area (Å²) in [5, 5.41) is 21.7. The normalized spacial score (nSPS) is 11.6. The van der Waals surface area contributed by atoms with E-state index in [1.54, 1.807) is 31.2 Å². The molecule has 0 spiro atoms. The van der Waals surface area contributed by atoms with Crippen LogP contribution < -0.4 is 10.1 Å². The van der Waals surface area contributed by atoms with Crippen LogP contribution in [0.15, 0.2) is 46.9 Å². The van der Waals surface area contributed by atoms with Crippen molar-refractivity contribution in [3.05, 3.63) is 59.6 Å². The lowest BCUT2D eigenvalue weighted by Crippen LogP contribution is -2.51. The van der Waals surface area contributed by atoms with Crippen molar-refractivity contribution in [1.82, 2.24) is 5.32 Å². The Morgan fingerprint density at radius 2 is 1.89 bits per heavy atom. The molecule has 0 unspecified atom stereocenters. The molecule has 3 rings (SSSR count). The third-order valence-corrected chi connectivity index (χ3v) is 4.23. The van der Waals surface area contributed by atoms with Crippen molar-refractivity contribution >= 4 is 16.9 Å². The highest BCUT2D eigenvalue weighted by molar-refractivity contribution is 6.07. The summed E-state index contributed by atoms with van der Waals surface area (Å²) in [5.41, 5.74) is -0.808. The van der Waals surface area contributed by atoms with E-state index in [0.717, 1.165) is 6.07 Å². The second-order valence-corrected chi connectivity index (χ2v) is 6.56. The monoisotopic (exact) mass is 373 g/mol. The fourth-order valence-electron chi connectivity index (χ4n) is 2.66. The number of carbonyl (C=O) groups excluding carboxylic acids is 1. The fourth-order valence-corrected chi connectivity index (χ4v) is 2.66. The number of rotatable bonds is 6. The molecule has 0 aliphatic heterocycles. The summed E-state index contributed by atoms with van der Waals surface area (Å²) in [6.07, 6.45) is 0. The largest absolute Gasteiger partial charge is 0.460 e. The summed E-state index contributed by atoms with van der Waals surface area (Å²) in [5.74, 6) is -0.473. The molecule has 1 heterocycles. The molecule has 2 aromatic carbocycles. The van der Waals surface area contributed by atoms with Crippen LogP contribution in [0.3, 0.4) is 0 Å². The van der Waals surface area contributed by atoms with Crippen molar-refractivity contribution in [2.24, 2.45) is 0 Å². The van der Waals surface area contributed by atoms with E-state index in [1.807, 2.05) is 6.07 Å². The van der Waals surface area contributed by atoms with E-state index in [2.05, 4.69) is 5.32 Å². The number of aryl methyl sites for hydroxylation is 1. The maximum absolute atomic E-state index is 14.4. The quantitative estimate of drug-likeness (QED) is 0.617.